The van der Waals surface area contributed by atoms with Crippen molar-refractivity contribution in [3.05, 3.63) is 42.1 Å². The van der Waals surface area contributed by atoms with Crippen LogP contribution in [0.1, 0.15) is 19.5 Å². The Bertz CT molecular complexity index is 491. The molecule has 1 aromatic carbocycles. The highest BCUT2D eigenvalue weighted by Gasteiger charge is 2.02. The van der Waals surface area contributed by atoms with Crippen molar-refractivity contribution in [2.45, 2.75) is 26.5 Å². The minimum Gasteiger partial charge on any atom is -0.491 e. The molecule has 2 aromatic rings. The summed E-state index contributed by atoms with van der Waals surface area (Å²) in [7, 11) is 0. The van der Waals surface area contributed by atoms with Crippen LogP contribution in [0.15, 0.2) is 36.4 Å². The Morgan fingerprint density at radius 2 is 1.78 bits per heavy atom. The van der Waals surface area contributed by atoms with Gasteiger partial charge >= 0.3 is 0 Å². The van der Waals surface area contributed by atoms with Crippen LogP contribution in [0.25, 0.3) is 11.3 Å². The van der Waals surface area contributed by atoms with Crippen LogP contribution in [0, 0.1) is 0 Å². The smallest absolute Gasteiger partial charge is 0.119 e. The Morgan fingerprint density at radius 3 is 2.28 bits per heavy atom. The summed E-state index contributed by atoms with van der Waals surface area (Å²) in [6.07, 6.45) is 0.180. The third kappa shape index (κ3) is 3.05. The summed E-state index contributed by atoms with van der Waals surface area (Å²) >= 11 is 0. The number of nitrogens with two attached hydrogens (primary N) is 1. The summed E-state index contributed by atoms with van der Waals surface area (Å²) < 4.78 is 5.59. The number of ether oxygens (including phenoxy) is 1. The predicted octanol–water partition coefficient (Wildman–Crippen LogP) is 2.39. The maximum atomic E-state index is 5.59. The van der Waals surface area contributed by atoms with Gasteiger partial charge in [-0.15, -0.1) is 0 Å². The Hall–Kier alpha value is -1.94. The summed E-state index contributed by atoms with van der Waals surface area (Å²) in [5.74, 6) is 0.861. The minimum atomic E-state index is 0.180. The molecule has 0 spiro atoms. The third-order valence-corrected chi connectivity index (χ3v) is 2.45. The molecule has 4 nitrogen and oxygen atoms in total. The molecule has 0 amide bonds. The number of aromatic nitrogens is 2. The lowest BCUT2D eigenvalue weighted by molar-refractivity contribution is 0.242. The summed E-state index contributed by atoms with van der Waals surface area (Å²) in [6.45, 7) is 4.42. The Morgan fingerprint density at radius 1 is 1.06 bits per heavy atom. The fraction of sp³-hybridized carbons (Fsp3) is 0.286. The van der Waals surface area contributed by atoms with Gasteiger partial charge in [0.1, 0.15) is 5.75 Å². The van der Waals surface area contributed by atoms with Crippen molar-refractivity contribution in [3.8, 4) is 17.0 Å². The van der Waals surface area contributed by atoms with Gasteiger partial charge < -0.3 is 10.5 Å². The van der Waals surface area contributed by atoms with Crippen LogP contribution in [0.4, 0.5) is 0 Å². The van der Waals surface area contributed by atoms with Crippen molar-refractivity contribution < 1.29 is 4.74 Å². The number of rotatable bonds is 4. The molecule has 1 aromatic heterocycles. The topological polar surface area (TPSA) is 61.0 Å². The molecular formula is C14H17N3O. The standard InChI is InChI=1S/C14H17N3O/c1-10(2)18-13-6-3-11(4-7-13)14-8-5-12(9-15)16-17-14/h3-8,10H,9,15H2,1-2H3. The number of hydrogen-bond acceptors (Lipinski definition) is 4. The van der Waals surface area contributed by atoms with E-state index in [1.807, 2.05) is 50.2 Å². The van der Waals surface area contributed by atoms with Crippen molar-refractivity contribution in [3.63, 3.8) is 0 Å². The van der Waals surface area contributed by atoms with E-state index in [1.54, 1.807) is 0 Å². The summed E-state index contributed by atoms with van der Waals surface area (Å²) in [4.78, 5) is 0. The molecular weight excluding hydrogens is 226 g/mol. The summed E-state index contributed by atoms with van der Waals surface area (Å²) in [5.41, 5.74) is 8.13. The van der Waals surface area contributed by atoms with Gasteiger partial charge in [0.25, 0.3) is 0 Å². The SMILES string of the molecule is CC(C)Oc1ccc(-c2ccc(CN)nn2)cc1. The van der Waals surface area contributed by atoms with Crippen LogP contribution in [-0.2, 0) is 6.54 Å². The molecule has 0 saturated carbocycles. The van der Waals surface area contributed by atoms with Gasteiger partial charge in [-0.05, 0) is 50.2 Å². The fourth-order valence-electron chi connectivity index (χ4n) is 1.60. The van der Waals surface area contributed by atoms with Crippen molar-refractivity contribution in [1.29, 1.82) is 0 Å². The zero-order chi connectivity index (χ0) is 13.0. The number of hydrogen-bond donors (Lipinski definition) is 1. The second-order valence-electron chi connectivity index (χ2n) is 4.31. The van der Waals surface area contributed by atoms with Gasteiger partial charge in [-0.3, -0.25) is 0 Å². The molecule has 0 fully saturated rings. The molecule has 0 aliphatic heterocycles. The average molecular weight is 243 g/mol. The highest BCUT2D eigenvalue weighted by atomic mass is 16.5. The van der Waals surface area contributed by atoms with Crippen molar-refractivity contribution in [2.24, 2.45) is 5.73 Å². The van der Waals surface area contributed by atoms with Crippen LogP contribution < -0.4 is 10.5 Å². The Labute approximate surface area is 107 Å². The zero-order valence-electron chi connectivity index (χ0n) is 10.6. The van der Waals surface area contributed by atoms with Crippen molar-refractivity contribution >= 4 is 0 Å². The fourth-order valence-corrected chi connectivity index (χ4v) is 1.60. The molecule has 18 heavy (non-hydrogen) atoms. The normalized spacial score (nSPS) is 10.7. The molecule has 0 aliphatic rings. The van der Waals surface area contributed by atoms with Crippen molar-refractivity contribution in [2.75, 3.05) is 0 Å². The van der Waals surface area contributed by atoms with Gasteiger partial charge in [0.15, 0.2) is 0 Å². The molecule has 0 radical (unpaired) electrons. The molecule has 0 saturated heterocycles. The average Bonchev–Trinajstić information content (AvgIpc) is 2.39. The first-order valence-electron chi connectivity index (χ1n) is 5.99. The summed E-state index contributed by atoms with van der Waals surface area (Å²) in [5, 5.41) is 8.18. The van der Waals surface area contributed by atoms with Crippen LogP contribution in [0.2, 0.25) is 0 Å². The number of benzene rings is 1. The molecule has 2 N–H and O–H groups in total. The highest BCUT2D eigenvalue weighted by molar-refractivity contribution is 5.59. The molecule has 94 valence electrons. The second kappa shape index (κ2) is 5.60. The van der Waals surface area contributed by atoms with E-state index in [0.717, 1.165) is 22.7 Å². The first-order valence-corrected chi connectivity index (χ1v) is 5.99. The monoisotopic (exact) mass is 243 g/mol. The second-order valence-corrected chi connectivity index (χ2v) is 4.31. The summed E-state index contributed by atoms with van der Waals surface area (Å²) in [6, 6.07) is 11.6. The van der Waals surface area contributed by atoms with E-state index in [4.69, 9.17) is 10.5 Å². The van der Waals surface area contributed by atoms with Gasteiger partial charge in [0.2, 0.25) is 0 Å². The first kappa shape index (κ1) is 12.5. The lowest BCUT2D eigenvalue weighted by atomic mass is 10.1. The molecule has 2 rings (SSSR count). The van der Waals surface area contributed by atoms with Gasteiger partial charge in [-0.25, -0.2) is 0 Å². The van der Waals surface area contributed by atoms with Gasteiger partial charge in [0.05, 0.1) is 17.5 Å². The Balaban J connectivity index is 2.17. The molecule has 0 unspecified atom stereocenters. The van der Waals surface area contributed by atoms with Gasteiger partial charge in [-0.1, -0.05) is 0 Å². The predicted molar refractivity (Wildman–Crippen MR) is 71.1 cm³/mol. The van der Waals surface area contributed by atoms with E-state index >= 15 is 0 Å². The van der Waals surface area contributed by atoms with Gasteiger partial charge in [0, 0.05) is 12.1 Å². The molecule has 4 heteroatoms. The quantitative estimate of drug-likeness (QED) is 0.895. The number of nitrogens with zero attached hydrogens (tertiary/aromatic N) is 2. The van der Waals surface area contributed by atoms with Crippen LogP contribution in [-0.4, -0.2) is 16.3 Å². The molecule has 0 aliphatic carbocycles. The van der Waals surface area contributed by atoms with E-state index in [1.165, 1.54) is 0 Å². The zero-order valence-corrected chi connectivity index (χ0v) is 10.6. The largest absolute Gasteiger partial charge is 0.491 e. The van der Waals surface area contributed by atoms with E-state index < -0.39 is 0 Å². The molecule has 1 heterocycles. The molecule has 0 atom stereocenters. The maximum Gasteiger partial charge on any atom is 0.119 e. The van der Waals surface area contributed by atoms with Crippen LogP contribution in [0.5, 0.6) is 5.75 Å². The first-order chi connectivity index (χ1) is 8.69. The Kier molecular flexibility index (Phi) is 3.89. The van der Waals surface area contributed by atoms with E-state index in [0.29, 0.717) is 6.54 Å². The molecule has 0 bridgehead atoms. The van der Waals surface area contributed by atoms with Gasteiger partial charge in [-0.2, -0.15) is 10.2 Å². The van der Waals surface area contributed by atoms with E-state index in [2.05, 4.69) is 10.2 Å². The van der Waals surface area contributed by atoms with Crippen LogP contribution in [0.3, 0.4) is 0 Å². The minimum absolute atomic E-state index is 0.180. The lowest BCUT2D eigenvalue weighted by Crippen LogP contribution is -2.05. The third-order valence-electron chi connectivity index (χ3n) is 2.45. The van der Waals surface area contributed by atoms with E-state index in [9.17, 15) is 0 Å². The van der Waals surface area contributed by atoms with Crippen molar-refractivity contribution in [1.82, 2.24) is 10.2 Å². The maximum absolute atomic E-state index is 5.59. The van der Waals surface area contributed by atoms with Crippen LogP contribution >= 0.6 is 0 Å². The van der Waals surface area contributed by atoms with E-state index in [-0.39, 0.29) is 6.10 Å². The lowest BCUT2D eigenvalue weighted by Gasteiger charge is -2.09. The highest BCUT2D eigenvalue weighted by Crippen LogP contribution is 2.20.